The van der Waals surface area contributed by atoms with Crippen LogP contribution in [0.5, 0.6) is 0 Å². The second-order valence-corrected chi connectivity index (χ2v) is 5.44. The van der Waals surface area contributed by atoms with E-state index in [0.717, 1.165) is 41.5 Å². The zero-order valence-corrected chi connectivity index (χ0v) is 11.7. The van der Waals surface area contributed by atoms with E-state index in [1.165, 1.54) is 5.56 Å². The van der Waals surface area contributed by atoms with Gasteiger partial charge < -0.3 is 9.88 Å². The van der Waals surface area contributed by atoms with Gasteiger partial charge >= 0.3 is 0 Å². The second-order valence-electron chi connectivity index (χ2n) is 5.44. The van der Waals surface area contributed by atoms with Gasteiger partial charge in [0.1, 0.15) is 0 Å². The Hall–Kier alpha value is -2.55. The molecule has 0 bridgehead atoms. The van der Waals surface area contributed by atoms with E-state index in [0.29, 0.717) is 0 Å². The number of fused-ring (bicyclic) bond motifs is 2. The predicted molar refractivity (Wildman–Crippen MR) is 84.7 cm³/mol. The lowest BCUT2D eigenvalue weighted by molar-refractivity contribution is 0.0986. The minimum atomic E-state index is 0.0789. The molecule has 2 heterocycles. The summed E-state index contributed by atoms with van der Waals surface area (Å²) < 4.78 is 0. The number of para-hydroxylation sites is 2. The molecule has 2 aromatic carbocycles. The molecule has 21 heavy (non-hydrogen) atoms. The number of amides is 1. The normalized spacial score (nSPS) is 14.2. The molecule has 1 aliphatic heterocycles. The van der Waals surface area contributed by atoms with Crippen LogP contribution < -0.4 is 4.90 Å². The molecule has 0 spiro atoms. The Kier molecular flexibility index (Phi) is 2.78. The highest BCUT2D eigenvalue weighted by molar-refractivity contribution is 6.13. The van der Waals surface area contributed by atoms with Crippen molar-refractivity contribution in [2.24, 2.45) is 0 Å². The highest BCUT2D eigenvalue weighted by Crippen LogP contribution is 2.29. The minimum absolute atomic E-state index is 0.0789. The van der Waals surface area contributed by atoms with Crippen LogP contribution in [0.25, 0.3) is 10.9 Å². The van der Waals surface area contributed by atoms with Crippen molar-refractivity contribution in [1.29, 1.82) is 0 Å². The number of carbonyl (C=O) groups excluding carboxylic acids is 1. The molecule has 104 valence electrons. The summed E-state index contributed by atoms with van der Waals surface area (Å²) in [5, 5.41) is 1.08. The molecule has 3 aromatic rings. The first-order valence-electron chi connectivity index (χ1n) is 7.30. The lowest BCUT2D eigenvalue weighted by Gasteiger charge is -2.29. The average Bonchev–Trinajstić information content (AvgIpc) is 3.02. The summed E-state index contributed by atoms with van der Waals surface area (Å²) in [6.45, 7) is 0.785. The summed E-state index contributed by atoms with van der Waals surface area (Å²) in [7, 11) is 0. The molecule has 0 unspecified atom stereocenters. The third-order valence-corrected chi connectivity index (χ3v) is 4.17. The molecular formula is C18H16N2O. The maximum absolute atomic E-state index is 13.0. The maximum atomic E-state index is 13.0. The number of aromatic amines is 1. The molecule has 3 nitrogen and oxygen atoms in total. The summed E-state index contributed by atoms with van der Waals surface area (Å²) >= 11 is 0. The van der Waals surface area contributed by atoms with Gasteiger partial charge in [-0.1, -0.05) is 30.3 Å². The molecule has 1 N–H and O–H groups in total. The van der Waals surface area contributed by atoms with Crippen molar-refractivity contribution in [3.63, 3.8) is 0 Å². The van der Waals surface area contributed by atoms with E-state index >= 15 is 0 Å². The molecule has 1 aromatic heterocycles. The van der Waals surface area contributed by atoms with Crippen LogP contribution >= 0.6 is 0 Å². The van der Waals surface area contributed by atoms with E-state index in [1.807, 2.05) is 53.6 Å². The summed E-state index contributed by atoms with van der Waals surface area (Å²) in [4.78, 5) is 18.1. The van der Waals surface area contributed by atoms with Gasteiger partial charge in [0.15, 0.2) is 0 Å². The quantitative estimate of drug-likeness (QED) is 0.721. The standard InChI is InChI=1S/C18H16N2O/c21-18(15-8-3-6-14-10-11-19-17(14)15)20-12-4-7-13-5-1-2-9-16(13)20/h1-3,5-6,8-11,19H,4,7,12H2. The Balaban J connectivity index is 1.81. The second kappa shape index (κ2) is 4.77. The molecule has 4 rings (SSSR count). The molecule has 0 saturated heterocycles. The zero-order chi connectivity index (χ0) is 14.2. The van der Waals surface area contributed by atoms with Gasteiger partial charge in [0, 0.05) is 23.8 Å². The number of rotatable bonds is 1. The molecule has 0 aliphatic carbocycles. The van der Waals surface area contributed by atoms with Crippen LogP contribution in [0.15, 0.2) is 54.7 Å². The number of carbonyl (C=O) groups is 1. The third-order valence-electron chi connectivity index (χ3n) is 4.17. The van der Waals surface area contributed by atoms with Crippen LogP contribution in [0.3, 0.4) is 0 Å². The van der Waals surface area contributed by atoms with E-state index in [-0.39, 0.29) is 5.91 Å². The van der Waals surface area contributed by atoms with Crippen molar-refractivity contribution in [3.05, 3.63) is 65.9 Å². The van der Waals surface area contributed by atoms with Gasteiger partial charge in [-0.2, -0.15) is 0 Å². The lowest BCUT2D eigenvalue weighted by atomic mass is 10.0. The Morgan fingerprint density at radius 3 is 2.90 bits per heavy atom. The fourth-order valence-corrected chi connectivity index (χ4v) is 3.15. The van der Waals surface area contributed by atoms with Gasteiger partial charge in [0.25, 0.3) is 5.91 Å². The van der Waals surface area contributed by atoms with Gasteiger partial charge in [-0.3, -0.25) is 4.79 Å². The summed E-state index contributed by atoms with van der Waals surface area (Å²) in [5.74, 6) is 0.0789. The Morgan fingerprint density at radius 2 is 1.95 bits per heavy atom. The highest BCUT2D eigenvalue weighted by atomic mass is 16.2. The molecular weight excluding hydrogens is 260 g/mol. The molecule has 0 atom stereocenters. The van der Waals surface area contributed by atoms with Crippen molar-refractivity contribution in [3.8, 4) is 0 Å². The van der Waals surface area contributed by atoms with Crippen molar-refractivity contribution in [1.82, 2.24) is 4.98 Å². The first-order chi connectivity index (χ1) is 10.3. The van der Waals surface area contributed by atoms with Crippen molar-refractivity contribution < 1.29 is 4.79 Å². The molecule has 0 saturated carbocycles. The molecule has 0 fully saturated rings. The van der Waals surface area contributed by atoms with E-state index in [4.69, 9.17) is 0 Å². The number of anilines is 1. The van der Waals surface area contributed by atoms with Crippen molar-refractivity contribution in [2.45, 2.75) is 12.8 Å². The van der Waals surface area contributed by atoms with Gasteiger partial charge in [0.2, 0.25) is 0 Å². The topological polar surface area (TPSA) is 36.1 Å². The Labute approximate surface area is 123 Å². The zero-order valence-electron chi connectivity index (χ0n) is 11.7. The smallest absolute Gasteiger partial charge is 0.260 e. The third kappa shape index (κ3) is 1.93. The maximum Gasteiger partial charge on any atom is 0.260 e. The van der Waals surface area contributed by atoms with E-state index in [9.17, 15) is 4.79 Å². The minimum Gasteiger partial charge on any atom is -0.361 e. The molecule has 1 aliphatic rings. The van der Waals surface area contributed by atoms with Crippen molar-refractivity contribution >= 4 is 22.5 Å². The average molecular weight is 276 g/mol. The number of nitrogens with zero attached hydrogens (tertiary/aromatic N) is 1. The highest BCUT2D eigenvalue weighted by Gasteiger charge is 2.24. The summed E-state index contributed by atoms with van der Waals surface area (Å²) in [6.07, 6.45) is 3.95. The van der Waals surface area contributed by atoms with Gasteiger partial charge in [-0.25, -0.2) is 0 Å². The van der Waals surface area contributed by atoms with Crippen LogP contribution in [-0.2, 0) is 6.42 Å². The van der Waals surface area contributed by atoms with Crippen molar-refractivity contribution in [2.75, 3.05) is 11.4 Å². The Morgan fingerprint density at radius 1 is 1.05 bits per heavy atom. The molecule has 1 amide bonds. The number of nitrogens with one attached hydrogen (secondary N) is 1. The first-order valence-corrected chi connectivity index (χ1v) is 7.30. The number of benzene rings is 2. The fraction of sp³-hybridized carbons (Fsp3) is 0.167. The first kappa shape index (κ1) is 12.2. The monoisotopic (exact) mass is 276 g/mol. The summed E-state index contributed by atoms with van der Waals surface area (Å²) in [6, 6.07) is 16.1. The fourth-order valence-electron chi connectivity index (χ4n) is 3.15. The lowest BCUT2D eigenvalue weighted by Crippen LogP contribution is -2.35. The number of hydrogen-bond donors (Lipinski definition) is 1. The van der Waals surface area contributed by atoms with Gasteiger partial charge in [-0.05, 0) is 36.6 Å². The van der Waals surface area contributed by atoms with Crippen LogP contribution in [0.1, 0.15) is 22.3 Å². The van der Waals surface area contributed by atoms with Crippen LogP contribution in [0.4, 0.5) is 5.69 Å². The molecule has 0 radical (unpaired) electrons. The van der Waals surface area contributed by atoms with Crippen LogP contribution in [-0.4, -0.2) is 17.4 Å². The van der Waals surface area contributed by atoms with E-state index < -0.39 is 0 Å². The number of aromatic nitrogens is 1. The SMILES string of the molecule is O=C(c1cccc2cc[nH]c12)N1CCCc2ccccc21. The van der Waals surface area contributed by atoms with E-state index in [2.05, 4.69) is 11.1 Å². The van der Waals surface area contributed by atoms with E-state index in [1.54, 1.807) is 0 Å². The van der Waals surface area contributed by atoms with Gasteiger partial charge in [-0.15, -0.1) is 0 Å². The Bertz CT molecular complexity index is 819. The number of H-pyrrole nitrogens is 1. The van der Waals surface area contributed by atoms with Crippen LogP contribution in [0, 0.1) is 0 Å². The predicted octanol–water partition coefficient (Wildman–Crippen LogP) is 3.76. The molecule has 3 heteroatoms. The summed E-state index contributed by atoms with van der Waals surface area (Å²) in [5.41, 5.74) is 3.98. The van der Waals surface area contributed by atoms with Gasteiger partial charge in [0.05, 0.1) is 11.1 Å². The number of hydrogen-bond acceptors (Lipinski definition) is 1. The van der Waals surface area contributed by atoms with Crippen LogP contribution in [0.2, 0.25) is 0 Å². The largest absolute Gasteiger partial charge is 0.361 e. The number of aryl methyl sites for hydroxylation is 1.